The first-order valence-corrected chi connectivity index (χ1v) is 6.98. The average Bonchev–Trinajstić information content (AvgIpc) is 2.71. The predicted octanol–water partition coefficient (Wildman–Crippen LogP) is 2.25. The molecule has 0 fully saturated rings. The van der Waals surface area contributed by atoms with Gasteiger partial charge in [-0.25, -0.2) is 4.98 Å². The van der Waals surface area contributed by atoms with Crippen LogP contribution < -0.4 is 5.56 Å². The molecular weight excluding hydrogens is 320 g/mol. The summed E-state index contributed by atoms with van der Waals surface area (Å²) in [5.41, 5.74) is 2.57. The van der Waals surface area contributed by atoms with E-state index in [1.54, 1.807) is 21.6 Å². The highest BCUT2D eigenvalue weighted by Gasteiger charge is 2.08. The summed E-state index contributed by atoms with van der Waals surface area (Å²) in [6, 6.07) is 7.46. The number of hydrogen-bond donors (Lipinski definition) is 0. The molecule has 0 atom stereocenters. The maximum absolute atomic E-state index is 12.4. The van der Waals surface area contributed by atoms with Gasteiger partial charge in [0, 0.05) is 11.5 Å². The molecule has 0 aliphatic rings. The predicted molar refractivity (Wildman–Crippen MR) is 80.8 cm³/mol. The zero-order valence-corrected chi connectivity index (χ0v) is 12.8. The Morgan fingerprint density at radius 1 is 1.30 bits per heavy atom. The molecule has 0 unspecified atom stereocenters. The number of rotatable bonds is 2. The fourth-order valence-corrected chi connectivity index (χ4v) is 2.58. The van der Waals surface area contributed by atoms with Gasteiger partial charge in [0.15, 0.2) is 0 Å². The number of halogens is 1. The van der Waals surface area contributed by atoms with E-state index in [-0.39, 0.29) is 5.56 Å². The van der Waals surface area contributed by atoms with Crippen molar-refractivity contribution in [1.29, 1.82) is 0 Å². The van der Waals surface area contributed by atoms with Crippen molar-refractivity contribution >= 4 is 26.8 Å². The van der Waals surface area contributed by atoms with Gasteiger partial charge < -0.3 is 0 Å². The van der Waals surface area contributed by atoms with E-state index in [0.29, 0.717) is 17.4 Å². The first kappa shape index (κ1) is 13.1. The lowest BCUT2D eigenvalue weighted by Gasteiger charge is -2.07. The molecule has 0 N–H and O–H groups in total. The van der Waals surface area contributed by atoms with Gasteiger partial charge in [0.25, 0.3) is 5.56 Å². The third-order valence-corrected chi connectivity index (χ3v) is 3.71. The molecule has 5 nitrogen and oxygen atoms in total. The van der Waals surface area contributed by atoms with E-state index in [9.17, 15) is 4.79 Å². The van der Waals surface area contributed by atoms with Crippen molar-refractivity contribution < 1.29 is 0 Å². The molecule has 0 aliphatic heterocycles. The zero-order valence-electron chi connectivity index (χ0n) is 11.2. The van der Waals surface area contributed by atoms with E-state index in [1.165, 1.54) is 0 Å². The van der Waals surface area contributed by atoms with Crippen molar-refractivity contribution in [3.8, 4) is 0 Å². The van der Waals surface area contributed by atoms with Gasteiger partial charge in [-0.1, -0.05) is 15.9 Å². The summed E-state index contributed by atoms with van der Waals surface area (Å²) in [6.07, 6.45) is 1.58. The maximum Gasteiger partial charge on any atom is 0.261 e. The molecule has 0 aliphatic carbocycles. The lowest BCUT2D eigenvalue weighted by atomic mass is 10.2. The Hall–Kier alpha value is -1.95. The van der Waals surface area contributed by atoms with Gasteiger partial charge in [-0.2, -0.15) is 5.10 Å². The lowest BCUT2D eigenvalue weighted by Crippen LogP contribution is -2.22. The van der Waals surface area contributed by atoms with Crippen LogP contribution >= 0.6 is 15.9 Å². The highest BCUT2D eigenvalue weighted by atomic mass is 79.9. The van der Waals surface area contributed by atoms with Gasteiger partial charge in [0.1, 0.15) is 0 Å². The van der Waals surface area contributed by atoms with E-state index in [1.807, 2.05) is 32.2 Å². The molecule has 0 saturated heterocycles. The van der Waals surface area contributed by atoms with Crippen LogP contribution in [0.5, 0.6) is 0 Å². The minimum Gasteiger partial charge on any atom is -0.293 e. The van der Waals surface area contributed by atoms with Crippen LogP contribution in [0.3, 0.4) is 0 Å². The van der Waals surface area contributed by atoms with Gasteiger partial charge in [-0.05, 0) is 31.2 Å². The summed E-state index contributed by atoms with van der Waals surface area (Å²) < 4.78 is 4.30. The van der Waals surface area contributed by atoms with E-state index in [0.717, 1.165) is 15.9 Å². The normalized spacial score (nSPS) is 11.2. The third-order valence-electron chi connectivity index (χ3n) is 3.22. The second-order valence-electron chi connectivity index (χ2n) is 4.74. The molecular formula is C14H13BrN4O. The van der Waals surface area contributed by atoms with Gasteiger partial charge in [-0.3, -0.25) is 14.0 Å². The highest BCUT2D eigenvalue weighted by molar-refractivity contribution is 9.10. The molecule has 0 spiro atoms. The first-order chi connectivity index (χ1) is 9.54. The smallest absolute Gasteiger partial charge is 0.261 e. The second kappa shape index (κ2) is 4.86. The molecule has 3 aromatic rings. The van der Waals surface area contributed by atoms with Crippen LogP contribution in [0.4, 0.5) is 0 Å². The Morgan fingerprint density at radius 2 is 2.10 bits per heavy atom. The number of benzene rings is 1. The number of aryl methyl sites for hydroxylation is 2. The summed E-state index contributed by atoms with van der Waals surface area (Å²) in [4.78, 5) is 16.8. The average molecular weight is 333 g/mol. The van der Waals surface area contributed by atoms with Crippen molar-refractivity contribution in [2.45, 2.75) is 13.5 Å². The van der Waals surface area contributed by atoms with Gasteiger partial charge in [0.05, 0.1) is 35.2 Å². The molecule has 0 saturated carbocycles. The highest BCUT2D eigenvalue weighted by Crippen LogP contribution is 2.15. The maximum atomic E-state index is 12.4. The van der Waals surface area contributed by atoms with Gasteiger partial charge in [0.2, 0.25) is 0 Å². The van der Waals surface area contributed by atoms with Crippen LogP contribution in [0.1, 0.15) is 11.4 Å². The monoisotopic (exact) mass is 332 g/mol. The molecule has 2 aromatic heterocycles. The van der Waals surface area contributed by atoms with Crippen LogP contribution in [0.25, 0.3) is 10.9 Å². The van der Waals surface area contributed by atoms with Crippen molar-refractivity contribution in [3.05, 3.63) is 56.8 Å². The summed E-state index contributed by atoms with van der Waals surface area (Å²) in [5, 5.41) is 4.91. The molecule has 6 heteroatoms. The van der Waals surface area contributed by atoms with E-state index in [4.69, 9.17) is 0 Å². The van der Waals surface area contributed by atoms with Crippen LogP contribution in [0.2, 0.25) is 0 Å². The molecule has 2 heterocycles. The lowest BCUT2D eigenvalue weighted by molar-refractivity contribution is 0.648. The van der Waals surface area contributed by atoms with E-state index in [2.05, 4.69) is 26.0 Å². The van der Waals surface area contributed by atoms with Crippen LogP contribution in [0, 0.1) is 6.92 Å². The molecule has 1 aromatic carbocycles. The standard InChI is InChI=1S/C14H13BrN4O/c1-9-5-11(18(2)17-9)7-19-8-16-13-6-10(15)3-4-12(13)14(19)20/h3-6,8H,7H2,1-2H3. The summed E-state index contributed by atoms with van der Waals surface area (Å²) in [7, 11) is 1.87. The fourth-order valence-electron chi connectivity index (χ4n) is 2.23. The van der Waals surface area contributed by atoms with Crippen molar-refractivity contribution in [2.24, 2.45) is 7.05 Å². The molecule has 3 rings (SSSR count). The number of hydrogen-bond acceptors (Lipinski definition) is 3. The van der Waals surface area contributed by atoms with Crippen LogP contribution in [-0.4, -0.2) is 19.3 Å². The van der Waals surface area contributed by atoms with Crippen molar-refractivity contribution in [2.75, 3.05) is 0 Å². The summed E-state index contributed by atoms with van der Waals surface area (Å²) >= 11 is 3.38. The number of nitrogens with zero attached hydrogens (tertiary/aromatic N) is 4. The van der Waals surface area contributed by atoms with Gasteiger partial charge >= 0.3 is 0 Å². The molecule has 0 amide bonds. The minimum absolute atomic E-state index is 0.0404. The fraction of sp³-hybridized carbons (Fsp3) is 0.214. The Labute approximate surface area is 124 Å². The van der Waals surface area contributed by atoms with Crippen molar-refractivity contribution in [1.82, 2.24) is 19.3 Å². The quantitative estimate of drug-likeness (QED) is 0.723. The third kappa shape index (κ3) is 2.27. The molecule has 0 bridgehead atoms. The topological polar surface area (TPSA) is 52.7 Å². The van der Waals surface area contributed by atoms with E-state index < -0.39 is 0 Å². The Bertz CT molecular complexity index is 850. The van der Waals surface area contributed by atoms with Crippen molar-refractivity contribution in [3.63, 3.8) is 0 Å². The first-order valence-electron chi connectivity index (χ1n) is 6.19. The number of aromatic nitrogens is 4. The second-order valence-corrected chi connectivity index (χ2v) is 5.66. The Kier molecular flexibility index (Phi) is 3.17. The minimum atomic E-state index is -0.0404. The summed E-state index contributed by atoms with van der Waals surface area (Å²) in [5.74, 6) is 0. The van der Waals surface area contributed by atoms with Gasteiger partial charge in [-0.15, -0.1) is 0 Å². The Morgan fingerprint density at radius 3 is 2.80 bits per heavy atom. The zero-order chi connectivity index (χ0) is 14.3. The summed E-state index contributed by atoms with van der Waals surface area (Å²) in [6.45, 7) is 2.40. The van der Waals surface area contributed by atoms with Crippen LogP contribution in [0.15, 0.2) is 39.9 Å². The molecule has 102 valence electrons. The molecule has 0 radical (unpaired) electrons. The molecule has 20 heavy (non-hydrogen) atoms. The Balaban J connectivity index is 2.09. The SMILES string of the molecule is Cc1cc(Cn2cnc3cc(Br)ccc3c2=O)n(C)n1. The number of fused-ring (bicyclic) bond motifs is 1. The van der Waals surface area contributed by atoms with E-state index >= 15 is 0 Å². The largest absolute Gasteiger partial charge is 0.293 e. The van der Waals surface area contributed by atoms with Crippen LogP contribution in [-0.2, 0) is 13.6 Å².